The van der Waals surface area contributed by atoms with E-state index in [0.29, 0.717) is 10.7 Å². The van der Waals surface area contributed by atoms with Gasteiger partial charge in [-0.15, -0.1) is 0 Å². The molecule has 0 aliphatic rings. The molecule has 0 aliphatic carbocycles. The number of sulfonamides is 2. The van der Waals surface area contributed by atoms with Crippen molar-refractivity contribution in [2.75, 3.05) is 20.9 Å². The molecular formula is C28H24Cl3N3O5S2. The topological polar surface area (TPSA) is 113 Å². The number of aryl methyl sites for hydroxylation is 2. The van der Waals surface area contributed by atoms with Crippen molar-refractivity contribution in [3.8, 4) is 0 Å². The van der Waals surface area contributed by atoms with Gasteiger partial charge in [-0.25, -0.2) is 16.8 Å². The van der Waals surface area contributed by atoms with Crippen LogP contribution in [-0.4, -0.2) is 29.3 Å². The van der Waals surface area contributed by atoms with Crippen molar-refractivity contribution < 1.29 is 21.6 Å². The molecular weight excluding hydrogens is 629 g/mol. The number of hydrogen-bond acceptors (Lipinski definition) is 5. The average molecular weight is 653 g/mol. The number of halogens is 3. The van der Waals surface area contributed by atoms with Crippen molar-refractivity contribution in [3.05, 3.63) is 111 Å². The summed E-state index contributed by atoms with van der Waals surface area (Å²) in [5.41, 5.74) is 2.50. The Hall–Kier alpha value is -3.28. The summed E-state index contributed by atoms with van der Waals surface area (Å²) in [6.45, 7) is 3.20. The van der Waals surface area contributed by atoms with Gasteiger partial charge in [0.15, 0.2) is 0 Å². The number of amides is 1. The van der Waals surface area contributed by atoms with E-state index in [1.54, 1.807) is 24.3 Å². The molecule has 0 saturated heterocycles. The molecule has 0 bridgehead atoms. The van der Waals surface area contributed by atoms with E-state index in [9.17, 15) is 21.6 Å². The van der Waals surface area contributed by atoms with Crippen LogP contribution in [0.1, 0.15) is 11.1 Å². The molecule has 0 saturated carbocycles. The predicted molar refractivity (Wildman–Crippen MR) is 164 cm³/mol. The molecule has 13 heteroatoms. The molecule has 0 aliphatic heterocycles. The van der Waals surface area contributed by atoms with Gasteiger partial charge in [0.2, 0.25) is 5.91 Å². The quantitative estimate of drug-likeness (QED) is 0.204. The van der Waals surface area contributed by atoms with E-state index in [1.807, 2.05) is 13.8 Å². The van der Waals surface area contributed by atoms with Crippen LogP contribution in [0.2, 0.25) is 15.1 Å². The van der Waals surface area contributed by atoms with Crippen LogP contribution < -0.4 is 14.3 Å². The second-order valence-corrected chi connectivity index (χ2v) is 13.8. The molecule has 4 rings (SSSR count). The number of nitrogens with zero attached hydrogens (tertiary/aromatic N) is 1. The lowest BCUT2D eigenvalue weighted by atomic mass is 10.1. The summed E-state index contributed by atoms with van der Waals surface area (Å²) in [4.78, 5) is 13.0. The van der Waals surface area contributed by atoms with Crippen molar-refractivity contribution >= 4 is 77.8 Å². The van der Waals surface area contributed by atoms with Gasteiger partial charge in [0.05, 0.1) is 31.2 Å². The summed E-state index contributed by atoms with van der Waals surface area (Å²) in [6.07, 6.45) is 0. The van der Waals surface area contributed by atoms with E-state index in [1.165, 1.54) is 60.7 Å². The van der Waals surface area contributed by atoms with Crippen LogP contribution in [0.5, 0.6) is 0 Å². The molecule has 0 aromatic heterocycles. The maximum Gasteiger partial charge on any atom is 0.264 e. The minimum atomic E-state index is -4.14. The minimum absolute atomic E-state index is 0.0326. The van der Waals surface area contributed by atoms with E-state index < -0.39 is 32.5 Å². The molecule has 8 nitrogen and oxygen atoms in total. The molecule has 0 radical (unpaired) electrons. The van der Waals surface area contributed by atoms with Crippen LogP contribution in [0.15, 0.2) is 94.7 Å². The van der Waals surface area contributed by atoms with Gasteiger partial charge in [-0.3, -0.25) is 13.8 Å². The first-order valence-corrected chi connectivity index (χ1v) is 16.1. The van der Waals surface area contributed by atoms with Crippen molar-refractivity contribution in [2.45, 2.75) is 23.6 Å². The van der Waals surface area contributed by atoms with Gasteiger partial charge in [0, 0.05) is 10.7 Å². The van der Waals surface area contributed by atoms with Gasteiger partial charge in [0.25, 0.3) is 20.0 Å². The number of benzene rings is 4. The molecule has 2 N–H and O–H groups in total. The molecule has 4 aromatic rings. The lowest BCUT2D eigenvalue weighted by Crippen LogP contribution is -2.38. The molecule has 214 valence electrons. The molecule has 0 spiro atoms. The van der Waals surface area contributed by atoms with Crippen molar-refractivity contribution in [1.82, 2.24) is 0 Å². The third kappa shape index (κ3) is 7.14. The standard InChI is InChI=1S/C28H24Cl3N3O5S2/c1-18-6-11-22(16-19(18)2)34(41(38,39)24-12-7-20(29)8-13-24)17-27(35)32-21-9-14-23(15-10-21)40(36,37)33-26-5-3-4-25(30)28(26)31/h3-16,33H,17H2,1-2H3,(H,32,35). The van der Waals surface area contributed by atoms with Crippen LogP contribution in [-0.2, 0) is 24.8 Å². The summed E-state index contributed by atoms with van der Waals surface area (Å²) >= 11 is 18.0. The second kappa shape index (κ2) is 12.3. The fourth-order valence-corrected chi connectivity index (χ4v) is 6.78. The molecule has 0 unspecified atom stereocenters. The van der Waals surface area contributed by atoms with Gasteiger partial charge in [-0.05, 0) is 97.8 Å². The van der Waals surface area contributed by atoms with E-state index in [-0.39, 0.29) is 31.2 Å². The zero-order valence-electron chi connectivity index (χ0n) is 21.7. The second-order valence-electron chi connectivity index (χ2n) is 9.01. The van der Waals surface area contributed by atoms with Gasteiger partial charge in [-0.1, -0.05) is 46.9 Å². The Morgan fingerprint density at radius 2 is 1.41 bits per heavy atom. The lowest BCUT2D eigenvalue weighted by Gasteiger charge is -2.25. The monoisotopic (exact) mass is 651 g/mol. The first kappa shape index (κ1) is 30.7. The summed E-state index contributed by atoms with van der Waals surface area (Å²) < 4.78 is 56.2. The number of carbonyl (C=O) groups is 1. The Kier molecular flexibility index (Phi) is 9.20. The van der Waals surface area contributed by atoms with Gasteiger partial charge < -0.3 is 5.32 Å². The number of nitrogens with one attached hydrogen (secondary N) is 2. The Bertz CT molecular complexity index is 1810. The Morgan fingerprint density at radius 3 is 2.05 bits per heavy atom. The normalized spacial score (nSPS) is 11.6. The van der Waals surface area contributed by atoms with Crippen LogP contribution in [0, 0.1) is 13.8 Å². The fraction of sp³-hybridized carbons (Fsp3) is 0.107. The number of carbonyl (C=O) groups excluding carboxylic acids is 1. The lowest BCUT2D eigenvalue weighted by molar-refractivity contribution is -0.114. The zero-order valence-corrected chi connectivity index (χ0v) is 25.6. The number of rotatable bonds is 9. The number of hydrogen-bond donors (Lipinski definition) is 2. The molecule has 0 heterocycles. The summed E-state index contributed by atoms with van der Waals surface area (Å²) in [5, 5.41) is 3.25. The summed E-state index contributed by atoms with van der Waals surface area (Å²) in [5.74, 6) is -0.639. The highest BCUT2D eigenvalue weighted by molar-refractivity contribution is 7.93. The molecule has 4 aromatic carbocycles. The molecule has 41 heavy (non-hydrogen) atoms. The summed E-state index contributed by atoms with van der Waals surface area (Å²) in [6, 6.07) is 20.7. The minimum Gasteiger partial charge on any atom is -0.325 e. The maximum atomic E-state index is 13.6. The maximum absolute atomic E-state index is 13.6. The van der Waals surface area contributed by atoms with E-state index in [4.69, 9.17) is 34.8 Å². The summed E-state index contributed by atoms with van der Waals surface area (Å²) in [7, 11) is -8.16. The van der Waals surface area contributed by atoms with E-state index >= 15 is 0 Å². The zero-order chi connectivity index (χ0) is 29.9. The first-order valence-electron chi connectivity index (χ1n) is 12.0. The van der Waals surface area contributed by atoms with Gasteiger partial charge in [-0.2, -0.15) is 0 Å². The van der Waals surface area contributed by atoms with Gasteiger partial charge >= 0.3 is 0 Å². The van der Waals surface area contributed by atoms with Crippen LogP contribution in [0.25, 0.3) is 0 Å². The van der Waals surface area contributed by atoms with E-state index in [0.717, 1.165) is 15.4 Å². The van der Waals surface area contributed by atoms with Crippen molar-refractivity contribution in [1.29, 1.82) is 0 Å². The smallest absolute Gasteiger partial charge is 0.264 e. The Morgan fingerprint density at radius 1 is 0.780 bits per heavy atom. The Labute approximate surface area is 254 Å². The third-order valence-corrected chi connectivity index (χ3v) is 10.4. The van der Waals surface area contributed by atoms with Crippen LogP contribution in [0.4, 0.5) is 17.1 Å². The fourth-order valence-electron chi connectivity index (χ4n) is 3.76. The molecule has 0 atom stereocenters. The van der Waals surface area contributed by atoms with Crippen LogP contribution >= 0.6 is 34.8 Å². The Balaban J connectivity index is 1.55. The average Bonchev–Trinajstić information content (AvgIpc) is 2.92. The molecule has 1 amide bonds. The highest BCUT2D eigenvalue weighted by atomic mass is 35.5. The van der Waals surface area contributed by atoms with Crippen LogP contribution in [0.3, 0.4) is 0 Å². The van der Waals surface area contributed by atoms with Gasteiger partial charge in [0.1, 0.15) is 6.54 Å². The van der Waals surface area contributed by atoms with Crippen molar-refractivity contribution in [3.63, 3.8) is 0 Å². The van der Waals surface area contributed by atoms with Crippen molar-refractivity contribution in [2.24, 2.45) is 0 Å². The largest absolute Gasteiger partial charge is 0.325 e. The number of anilines is 3. The predicted octanol–water partition coefficient (Wildman–Crippen LogP) is 6.90. The highest BCUT2D eigenvalue weighted by Crippen LogP contribution is 2.31. The molecule has 0 fully saturated rings. The van der Waals surface area contributed by atoms with E-state index in [2.05, 4.69) is 10.0 Å². The first-order chi connectivity index (χ1) is 19.3. The SMILES string of the molecule is Cc1ccc(N(CC(=O)Nc2ccc(S(=O)(=O)Nc3cccc(Cl)c3Cl)cc2)S(=O)(=O)c2ccc(Cl)cc2)cc1C. The third-order valence-electron chi connectivity index (χ3n) is 6.11. The highest BCUT2D eigenvalue weighted by Gasteiger charge is 2.28.